The van der Waals surface area contributed by atoms with E-state index in [0.29, 0.717) is 18.5 Å². The number of aryl methyl sites for hydroxylation is 1. The van der Waals surface area contributed by atoms with Crippen molar-refractivity contribution in [1.82, 2.24) is 14.8 Å². The van der Waals surface area contributed by atoms with E-state index in [9.17, 15) is 9.18 Å². The first kappa shape index (κ1) is 15.3. The van der Waals surface area contributed by atoms with Crippen LogP contribution in [-0.2, 0) is 11.8 Å². The molecule has 1 amide bonds. The van der Waals surface area contributed by atoms with Gasteiger partial charge in [-0.05, 0) is 24.6 Å². The number of benzene rings is 1. The number of aromatic nitrogens is 3. The fraction of sp³-hybridized carbons (Fsp3) is 0.308. The normalized spacial score (nSPS) is 10.6. The molecule has 3 N–H and O–H groups in total. The van der Waals surface area contributed by atoms with Crippen molar-refractivity contribution in [3.8, 4) is 0 Å². The molecule has 1 heterocycles. The molecule has 0 spiro atoms. The summed E-state index contributed by atoms with van der Waals surface area (Å²) in [5.41, 5.74) is 6.28. The molecule has 0 aliphatic carbocycles. The van der Waals surface area contributed by atoms with Crippen LogP contribution in [0.4, 0.5) is 15.8 Å². The standard InChI is InChI=1S/C13H16FN5OS/c1-19-13(16-8-17-19)21-6-2-3-12(20)18-11-5-4-9(14)7-10(11)15/h4-5,7-8H,2-3,6,15H2,1H3,(H,18,20). The van der Waals surface area contributed by atoms with Crippen LogP contribution in [0.5, 0.6) is 0 Å². The number of nitrogens with one attached hydrogen (secondary N) is 1. The van der Waals surface area contributed by atoms with Gasteiger partial charge >= 0.3 is 0 Å². The Labute approximate surface area is 125 Å². The van der Waals surface area contributed by atoms with Crippen molar-refractivity contribution in [3.05, 3.63) is 30.3 Å². The quantitative estimate of drug-likeness (QED) is 0.484. The van der Waals surface area contributed by atoms with Crippen LogP contribution in [0.3, 0.4) is 0 Å². The third kappa shape index (κ3) is 4.45. The van der Waals surface area contributed by atoms with Gasteiger partial charge in [0.25, 0.3) is 0 Å². The van der Waals surface area contributed by atoms with Crippen LogP contribution in [-0.4, -0.2) is 26.4 Å². The van der Waals surface area contributed by atoms with Crippen LogP contribution in [0.25, 0.3) is 0 Å². The van der Waals surface area contributed by atoms with E-state index in [4.69, 9.17) is 5.73 Å². The molecule has 0 atom stereocenters. The SMILES string of the molecule is Cn1ncnc1SCCCC(=O)Nc1ccc(F)cc1N. The van der Waals surface area contributed by atoms with Gasteiger partial charge in [0.1, 0.15) is 12.1 Å². The van der Waals surface area contributed by atoms with Gasteiger partial charge in [0.2, 0.25) is 5.91 Å². The van der Waals surface area contributed by atoms with Crippen LogP contribution in [0, 0.1) is 5.82 Å². The number of anilines is 2. The van der Waals surface area contributed by atoms with Gasteiger partial charge < -0.3 is 11.1 Å². The Hall–Kier alpha value is -2.09. The van der Waals surface area contributed by atoms with E-state index in [2.05, 4.69) is 15.4 Å². The average molecular weight is 309 g/mol. The number of hydrogen-bond donors (Lipinski definition) is 2. The van der Waals surface area contributed by atoms with Gasteiger partial charge in [-0.25, -0.2) is 14.1 Å². The van der Waals surface area contributed by atoms with Crippen molar-refractivity contribution in [2.75, 3.05) is 16.8 Å². The lowest BCUT2D eigenvalue weighted by Gasteiger charge is -2.08. The Morgan fingerprint density at radius 3 is 3.00 bits per heavy atom. The van der Waals surface area contributed by atoms with E-state index < -0.39 is 5.82 Å². The molecule has 112 valence electrons. The zero-order chi connectivity index (χ0) is 15.2. The van der Waals surface area contributed by atoms with E-state index in [1.165, 1.54) is 24.5 Å². The monoisotopic (exact) mass is 309 g/mol. The van der Waals surface area contributed by atoms with Gasteiger partial charge in [-0.1, -0.05) is 11.8 Å². The van der Waals surface area contributed by atoms with Gasteiger partial charge in [-0.15, -0.1) is 0 Å². The molecule has 0 bridgehead atoms. The molecular formula is C13H16FN5OS. The fourth-order valence-electron chi connectivity index (χ4n) is 1.67. The summed E-state index contributed by atoms with van der Waals surface area (Å²) in [6, 6.07) is 3.90. The molecule has 0 unspecified atom stereocenters. The van der Waals surface area contributed by atoms with Gasteiger partial charge in [-0.3, -0.25) is 4.79 Å². The molecule has 2 rings (SSSR count). The second-order valence-corrected chi connectivity index (χ2v) is 5.46. The molecular weight excluding hydrogens is 293 g/mol. The van der Waals surface area contributed by atoms with Crippen molar-refractivity contribution in [3.63, 3.8) is 0 Å². The second kappa shape index (κ2) is 7.07. The molecule has 2 aromatic rings. The highest BCUT2D eigenvalue weighted by molar-refractivity contribution is 7.99. The van der Waals surface area contributed by atoms with E-state index in [-0.39, 0.29) is 11.6 Å². The fourth-order valence-corrected chi connectivity index (χ4v) is 2.50. The van der Waals surface area contributed by atoms with E-state index in [1.54, 1.807) is 16.4 Å². The summed E-state index contributed by atoms with van der Waals surface area (Å²) in [6.45, 7) is 0. The number of hydrogen-bond acceptors (Lipinski definition) is 5. The molecule has 6 nitrogen and oxygen atoms in total. The number of nitrogens with zero attached hydrogens (tertiary/aromatic N) is 3. The largest absolute Gasteiger partial charge is 0.397 e. The van der Waals surface area contributed by atoms with Crippen molar-refractivity contribution < 1.29 is 9.18 Å². The minimum Gasteiger partial charge on any atom is -0.397 e. The van der Waals surface area contributed by atoms with Gasteiger partial charge in [0, 0.05) is 19.2 Å². The van der Waals surface area contributed by atoms with E-state index in [1.807, 2.05) is 7.05 Å². The highest BCUT2D eigenvalue weighted by Gasteiger charge is 2.07. The van der Waals surface area contributed by atoms with Crippen molar-refractivity contribution in [2.24, 2.45) is 7.05 Å². The first-order chi connectivity index (χ1) is 10.1. The summed E-state index contributed by atoms with van der Waals surface area (Å²) in [7, 11) is 1.82. The highest BCUT2D eigenvalue weighted by atomic mass is 32.2. The van der Waals surface area contributed by atoms with E-state index >= 15 is 0 Å². The maximum absolute atomic E-state index is 12.9. The highest BCUT2D eigenvalue weighted by Crippen LogP contribution is 2.20. The summed E-state index contributed by atoms with van der Waals surface area (Å²) in [5, 5.41) is 7.45. The van der Waals surface area contributed by atoms with Gasteiger partial charge in [0.05, 0.1) is 11.4 Å². The van der Waals surface area contributed by atoms with Gasteiger partial charge in [-0.2, -0.15) is 5.10 Å². The van der Waals surface area contributed by atoms with Crippen LogP contribution in [0.15, 0.2) is 29.7 Å². The first-order valence-electron chi connectivity index (χ1n) is 6.38. The zero-order valence-corrected chi connectivity index (χ0v) is 12.4. The molecule has 8 heteroatoms. The number of nitrogens with two attached hydrogens (primary N) is 1. The zero-order valence-electron chi connectivity index (χ0n) is 11.5. The molecule has 0 saturated heterocycles. The Bertz CT molecular complexity index is 631. The predicted molar refractivity (Wildman–Crippen MR) is 80.4 cm³/mol. The summed E-state index contributed by atoms with van der Waals surface area (Å²) in [4.78, 5) is 15.9. The first-order valence-corrected chi connectivity index (χ1v) is 7.36. The third-order valence-electron chi connectivity index (χ3n) is 2.74. The molecule has 0 aliphatic heterocycles. The number of amides is 1. The van der Waals surface area contributed by atoms with Crippen molar-refractivity contribution >= 4 is 29.0 Å². The summed E-state index contributed by atoms with van der Waals surface area (Å²) in [5.74, 6) is 0.191. The lowest BCUT2D eigenvalue weighted by molar-refractivity contribution is -0.116. The van der Waals surface area contributed by atoms with Gasteiger partial charge in [0.15, 0.2) is 5.16 Å². The molecule has 0 aliphatic rings. The number of thioether (sulfide) groups is 1. The average Bonchev–Trinajstić information content (AvgIpc) is 2.84. The van der Waals surface area contributed by atoms with Crippen LogP contribution in [0.2, 0.25) is 0 Å². The summed E-state index contributed by atoms with van der Waals surface area (Å²) < 4.78 is 14.6. The molecule has 21 heavy (non-hydrogen) atoms. The smallest absolute Gasteiger partial charge is 0.224 e. The minimum atomic E-state index is -0.425. The topological polar surface area (TPSA) is 85.8 Å². The Morgan fingerprint density at radius 1 is 1.52 bits per heavy atom. The molecule has 0 fully saturated rings. The molecule has 0 saturated carbocycles. The second-order valence-electron chi connectivity index (χ2n) is 4.40. The molecule has 0 radical (unpaired) electrons. The number of rotatable bonds is 6. The number of nitrogen functional groups attached to an aromatic ring is 1. The van der Waals surface area contributed by atoms with Crippen LogP contribution < -0.4 is 11.1 Å². The molecule has 1 aromatic heterocycles. The third-order valence-corrected chi connectivity index (χ3v) is 3.86. The number of carbonyl (C=O) groups excluding carboxylic acids is 1. The lowest BCUT2D eigenvalue weighted by Crippen LogP contribution is -2.13. The van der Waals surface area contributed by atoms with Crippen LogP contribution in [0.1, 0.15) is 12.8 Å². The Balaban J connectivity index is 1.73. The Kier molecular flexibility index (Phi) is 5.15. The number of carbonyl (C=O) groups is 1. The Morgan fingerprint density at radius 2 is 2.33 bits per heavy atom. The maximum atomic E-state index is 12.9. The van der Waals surface area contributed by atoms with E-state index in [0.717, 1.165) is 10.9 Å². The van der Waals surface area contributed by atoms with Crippen molar-refractivity contribution in [2.45, 2.75) is 18.0 Å². The maximum Gasteiger partial charge on any atom is 0.224 e. The summed E-state index contributed by atoms with van der Waals surface area (Å²) in [6.07, 6.45) is 2.55. The molecule has 1 aromatic carbocycles. The predicted octanol–water partition coefficient (Wildman–Crippen LogP) is 2.05. The van der Waals surface area contributed by atoms with Crippen LogP contribution >= 0.6 is 11.8 Å². The number of halogens is 1. The lowest BCUT2D eigenvalue weighted by atomic mass is 10.2. The summed E-state index contributed by atoms with van der Waals surface area (Å²) >= 11 is 1.54. The minimum absolute atomic E-state index is 0.146. The van der Waals surface area contributed by atoms with Crippen molar-refractivity contribution in [1.29, 1.82) is 0 Å².